The maximum atomic E-state index is 12.7. The Kier molecular flexibility index (Phi) is 5.41. The lowest BCUT2D eigenvalue weighted by molar-refractivity contribution is -0.118. The molecule has 6 nitrogen and oxygen atoms in total. The number of hydrogen-bond acceptors (Lipinski definition) is 4. The van der Waals surface area contributed by atoms with Crippen molar-refractivity contribution in [1.82, 2.24) is 4.90 Å². The summed E-state index contributed by atoms with van der Waals surface area (Å²) in [5.74, 6) is 0.265. The van der Waals surface area contributed by atoms with E-state index in [1.165, 1.54) is 5.56 Å². The van der Waals surface area contributed by atoms with Gasteiger partial charge in [-0.2, -0.15) is 0 Å². The first-order chi connectivity index (χ1) is 13.6. The Morgan fingerprint density at radius 1 is 1.07 bits per heavy atom. The number of hydrogen-bond donors (Lipinski definition) is 2. The Hall–Kier alpha value is -2.70. The van der Waals surface area contributed by atoms with E-state index in [4.69, 9.17) is 5.73 Å². The Morgan fingerprint density at radius 2 is 1.82 bits per heavy atom. The van der Waals surface area contributed by atoms with Crippen LogP contribution in [0.3, 0.4) is 0 Å². The lowest BCUT2D eigenvalue weighted by atomic mass is 9.95. The number of nitrogens with two attached hydrogens (primary N) is 1. The SMILES string of the molecule is N[C@@H]1CN(CC(=O)Nc2ccccc2N2CCCC2=O)C[C@H]1c1ccccc1. The van der Waals surface area contributed by atoms with Crippen LogP contribution in [0.15, 0.2) is 54.6 Å². The molecule has 2 amide bonds. The summed E-state index contributed by atoms with van der Waals surface area (Å²) in [5.41, 5.74) is 9.02. The molecule has 0 unspecified atom stereocenters. The second-order valence-corrected chi connectivity index (χ2v) is 7.59. The molecule has 0 bridgehead atoms. The predicted octanol–water partition coefficient (Wildman–Crippen LogP) is 2.18. The molecular formula is C22H26N4O2. The zero-order chi connectivity index (χ0) is 19.5. The minimum Gasteiger partial charge on any atom is -0.326 e. The van der Waals surface area contributed by atoms with Crippen LogP contribution in [0, 0.1) is 0 Å². The summed E-state index contributed by atoms with van der Waals surface area (Å²) < 4.78 is 0. The van der Waals surface area contributed by atoms with E-state index < -0.39 is 0 Å². The summed E-state index contributed by atoms with van der Waals surface area (Å²) in [5, 5.41) is 2.99. The molecule has 2 atom stereocenters. The van der Waals surface area contributed by atoms with Crippen molar-refractivity contribution in [2.75, 3.05) is 36.4 Å². The molecule has 0 spiro atoms. The van der Waals surface area contributed by atoms with Crippen molar-refractivity contribution >= 4 is 23.2 Å². The van der Waals surface area contributed by atoms with Crippen molar-refractivity contribution in [3.8, 4) is 0 Å². The van der Waals surface area contributed by atoms with Crippen molar-refractivity contribution in [2.24, 2.45) is 5.73 Å². The number of carbonyl (C=O) groups excluding carboxylic acids is 2. The standard InChI is InChI=1S/C22H26N4O2/c23-18-14-25(13-17(18)16-7-2-1-3-8-16)15-21(27)24-19-9-4-5-10-20(19)26-12-6-11-22(26)28/h1-5,7-10,17-18H,6,11-15,23H2,(H,24,27)/t17-,18+/m0/s1. The number of rotatable bonds is 5. The fraction of sp³-hybridized carbons (Fsp3) is 0.364. The number of likely N-dealkylation sites (tertiary alicyclic amines) is 1. The lowest BCUT2D eigenvalue weighted by Crippen LogP contribution is -2.34. The molecule has 2 heterocycles. The van der Waals surface area contributed by atoms with Crippen LogP contribution in [0.5, 0.6) is 0 Å². The summed E-state index contributed by atoms with van der Waals surface area (Å²) in [6, 6.07) is 17.7. The van der Waals surface area contributed by atoms with E-state index in [1.54, 1.807) is 4.90 Å². The van der Waals surface area contributed by atoms with Gasteiger partial charge in [0.05, 0.1) is 17.9 Å². The van der Waals surface area contributed by atoms with Gasteiger partial charge in [0.15, 0.2) is 0 Å². The minimum absolute atomic E-state index is 0.0182. The van der Waals surface area contributed by atoms with E-state index in [0.29, 0.717) is 31.7 Å². The highest BCUT2D eigenvalue weighted by Crippen LogP contribution is 2.30. The van der Waals surface area contributed by atoms with Gasteiger partial charge in [0.2, 0.25) is 11.8 Å². The largest absolute Gasteiger partial charge is 0.326 e. The normalized spacial score (nSPS) is 22.6. The van der Waals surface area contributed by atoms with Gasteiger partial charge >= 0.3 is 0 Å². The van der Waals surface area contributed by atoms with Gasteiger partial charge < -0.3 is 16.0 Å². The van der Waals surface area contributed by atoms with Gasteiger partial charge in [-0.25, -0.2) is 0 Å². The highest BCUT2D eigenvalue weighted by Gasteiger charge is 2.32. The van der Waals surface area contributed by atoms with E-state index in [1.807, 2.05) is 42.5 Å². The molecular weight excluding hydrogens is 352 g/mol. The zero-order valence-corrected chi connectivity index (χ0v) is 15.9. The van der Waals surface area contributed by atoms with Crippen LogP contribution in [-0.4, -0.2) is 48.9 Å². The molecule has 0 aliphatic carbocycles. The van der Waals surface area contributed by atoms with Gasteiger partial charge in [-0.1, -0.05) is 42.5 Å². The van der Waals surface area contributed by atoms with Crippen molar-refractivity contribution in [3.05, 3.63) is 60.2 Å². The molecule has 0 radical (unpaired) electrons. The van der Waals surface area contributed by atoms with Gasteiger partial charge in [-0.3, -0.25) is 14.5 Å². The average Bonchev–Trinajstić information content (AvgIpc) is 3.28. The van der Waals surface area contributed by atoms with Crippen LogP contribution in [0.25, 0.3) is 0 Å². The third kappa shape index (κ3) is 3.93. The Morgan fingerprint density at radius 3 is 2.57 bits per heavy atom. The third-order valence-corrected chi connectivity index (χ3v) is 5.58. The van der Waals surface area contributed by atoms with Crippen molar-refractivity contribution in [1.29, 1.82) is 0 Å². The first-order valence-electron chi connectivity index (χ1n) is 9.84. The maximum absolute atomic E-state index is 12.7. The summed E-state index contributed by atoms with van der Waals surface area (Å²) in [6.45, 7) is 2.45. The molecule has 146 valence electrons. The molecule has 28 heavy (non-hydrogen) atoms. The van der Waals surface area contributed by atoms with Crippen LogP contribution in [-0.2, 0) is 9.59 Å². The van der Waals surface area contributed by atoms with Gasteiger partial charge in [-0.05, 0) is 24.1 Å². The number of anilines is 2. The molecule has 2 fully saturated rings. The lowest BCUT2D eigenvalue weighted by Gasteiger charge is -2.21. The zero-order valence-electron chi connectivity index (χ0n) is 15.9. The number of carbonyl (C=O) groups is 2. The summed E-state index contributed by atoms with van der Waals surface area (Å²) >= 11 is 0. The molecule has 2 aromatic rings. The van der Waals surface area contributed by atoms with E-state index in [-0.39, 0.29) is 23.8 Å². The van der Waals surface area contributed by atoms with Crippen molar-refractivity contribution in [2.45, 2.75) is 24.8 Å². The van der Waals surface area contributed by atoms with Crippen LogP contribution in [0.2, 0.25) is 0 Å². The minimum atomic E-state index is -0.0833. The third-order valence-electron chi connectivity index (χ3n) is 5.58. The second-order valence-electron chi connectivity index (χ2n) is 7.59. The van der Waals surface area contributed by atoms with Crippen molar-refractivity contribution in [3.63, 3.8) is 0 Å². The number of benzene rings is 2. The average molecular weight is 378 g/mol. The number of amides is 2. The number of para-hydroxylation sites is 2. The van der Waals surface area contributed by atoms with Gasteiger partial charge in [0, 0.05) is 38.0 Å². The number of nitrogens with one attached hydrogen (secondary N) is 1. The highest BCUT2D eigenvalue weighted by atomic mass is 16.2. The molecule has 3 N–H and O–H groups in total. The quantitative estimate of drug-likeness (QED) is 0.836. The van der Waals surface area contributed by atoms with E-state index in [9.17, 15) is 9.59 Å². The number of nitrogens with zero attached hydrogens (tertiary/aromatic N) is 2. The van der Waals surface area contributed by atoms with Gasteiger partial charge in [-0.15, -0.1) is 0 Å². The van der Waals surface area contributed by atoms with Crippen molar-refractivity contribution < 1.29 is 9.59 Å². The fourth-order valence-corrected chi connectivity index (χ4v) is 4.21. The summed E-state index contributed by atoms with van der Waals surface area (Å²) in [4.78, 5) is 28.6. The molecule has 0 saturated carbocycles. The summed E-state index contributed by atoms with van der Waals surface area (Å²) in [6.07, 6.45) is 1.42. The van der Waals surface area contributed by atoms with Gasteiger partial charge in [0.25, 0.3) is 0 Å². The Labute approximate surface area is 165 Å². The monoisotopic (exact) mass is 378 g/mol. The molecule has 2 aliphatic heterocycles. The van der Waals surface area contributed by atoms with Crippen LogP contribution in [0.4, 0.5) is 11.4 Å². The smallest absolute Gasteiger partial charge is 0.238 e. The molecule has 2 saturated heterocycles. The molecule has 4 rings (SSSR count). The molecule has 2 aromatic carbocycles. The predicted molar refractivity (Wildman–Crippen MR) is 110 cm³/mol. The van der Waals surface area contributed by atoms with Crippen LogP contribution in [0.1, 0.15) is 24.3 Å². The summed E-state index contributed by atoms with van der Waals surface area (Å²) in [7, 11) is 0. The second kappa shape index (κ2) is 8.12. The first kappa shape index (κ1) is 18.7. The Bertz CT molecular complexity index is 855. The Balaban J connectivity index is 1.40. The van der Waals surface area contributed by atoms with Crippen LogP contribution < -0.4 is 16.0 Å². The molecule has 0 aromatic heterocycles. The molecule has 6 heteroatoms. The van der Waals surface area contributed by atoms with E-state index in [2.05, 4.69) is 22.3 Å². The van der Waals surface area contributed by atoms with E-state index >= 15 is 0 Å². The first-order valence-corrected chi connectivity index (χ1v) is 9.84. The maximum Gasteiger partial charge on any atom is 0.238 e. The van der Waals surface area contributed by atoms with Crippen LogP contribution >= 0.6 is 0 Å². The fourth-order valence-electron chi connectivity index (χ4n) is 4.21. The highest BCUT2D eigenvalue weighted by molar-refractivity contribution is 6.02. The van der Waals surface area contributed by atoms with E-state index in [0.717, 1.165) is 18.7 Å². The molecule has 2 aliphatic rings. The van der Waals surface area contributed by atoms with Gasteiger partial charge in [0.1, 0.15) is 0 Å². The topological polar surface area (TPSA) is 78.7 Å².